The van der Waals surface area contributed by atoms with Gasteiger partial charge in [0.2, 0.25) is 11.8 Å². The van der Waals surface area contributed by atoms with Crippen LogP contribution in [0, 0.1) is 0 Å². The van der Waals surface area contributed by atoms with Crippen molar-refractivity contribution in [3.05, 3.63) is 53.6 Å². The summed E-state index contributed by atoms with van der Waals surface area (Å²) in [5.74, 6) is 1.84. The predicted octanol–water partition coefficient (Wildman–Crippen LogP) is 4.37. The molecule has 7 heteroatoms. The smallest absolute Gasteiger partial charge is 0.242 e. The van der Waals surface area contributed by atoms with Gasteiger partial charge in [-0.3, -0.25) is 9.59 Å². The summed E-state index contributed by atoms with van der Waals surface area (Å²) >= 11 is 0. The van der Waals surface area contributed by atoms with Crippen molar-refractivity contribution in [2.75, 3.05) is 26.9 Å². The molecule has 2 aromatic carbocycles. The predicted molar refractivity (Wildman–Crippen MR) is 133 cm³/mol. The number of hydrogen-bond donors (Lipinski definition) is 1. The van der Waals surface area contributed by atoms with E-state index in [-0.39, 0.29) is 18.2 Å². The Morgan fingerprint density at radius 3 is 2.38 bits per heavy atom. The summed E-state index contributed by atoms with van der Waals surface area (Å²) in [4.78, 5) is 27.7. The van der Waals surface area contributed by atoms with E-state index in [0.717, 1.165) is 17.5 Å². The third kappa shape index (κ3) is 7.97. The molecular weight excluding hydrogens is 432 g/mol. The van der Waals surface area contributed by atoms with Crippen molar-refractivity contribution in [3.8, 4) is 17.2 Å². The molecule has 0 aliphatic rings. The van der Waals surface area contributed by atoms with E-state index in [4.69, 9.17) is 14.2 Å². The molecule has 0 radical (unpaired) electrons. The molecule has 0 spiro atoms. The highest BCUT2D eigenvalue weighted by atomic mass is 16.5. The molecular formula is C27H38N2O5. The Bertz CT molecular complexity index is 931. The second-order valence-electron chi connectivity index (χ2n) is 7.99. The van der Waals surface area contributed by atoms with Gasteiger partial charge in [0.1, 0.15) is 11.8 Å². The number of amides is 2. The van der Waals surface area contributed by atoms with E-state index in [9.17, 15) is 9.59 Å². The summed E-state index contributed by atoms with van der Waals surface area (Å²) in [5, 5.41) is 2.90. The fourth-order valence-electron chi connectivity index (χ4n) is 3.59. The maximum absolute atomic E-state index is 13.3. The lowest BCUT2D eigenvalue weighted by molar-refractivity contribution is -0.140. The van der Waals surface area contributed by atoms with Gasteiger partial charge >= 0.3 is 0 Å². The second-order valence-corrected chi connectivity index (χ2v) is 7.99. The first-order valence-electron chi connectivity index (χ1n) is 12.0. The molecule has 0 aromatic heterocycles. The van der Waals surface area contributed by atoms with Gasteiger partial charge in [-0.1, -0.05) is 25.1 Å². The van der Waals surface area contributed by atoms with Gasteiger partial charge < -0.3 is 24.4 Å². The van der Waals surface area contributed by atoms with Crippen molar-refractivity contribution < 1.29 is 23.8 Å². The number of aryl methyl sites for hydroxylation is 1. The fourth-order valence-corrected chi connectivity index (χ4v) is 3.59. The number of hydrogen-bond acceptors (Lipinski definition) is 5. The lowest BCUT2D eigenvalue weighted by Crippen LogP contribution is -2.47. The molecule has 0 saturated carbocycles. The highest BCUT2D eigenvalue weighted by Crippen LogP contribution is 2.29. The molecule has 2 aromatic rings. The van der Waals surface area contributed by atoms with Gasteiger partial charge in [-0.05, 0) is 69.0 Å². The summed E-state index contributed by atoms with van der Waals surface area (Å²) in [6, 6.07) is 12.7. The van der Waals surface area contributed by atoms with Crippen molar-refractivity contribution in [1.29, 1.82) is 0 Å². The zero-order valence-corrected chi connectivity index (χ0v) is 21.1. The van der Waals surface area contributed by atoms with Crippen LogP contribution in [0.25, 0.3) is 0 Å². The minimum Gasteiger partial charge on any atom is -0.497 e. The van der Waals surface area contributed by atoms with Crippen molar-refractivity contribution in [2.45, 2.75) is 59.5 Å². The van der Waals surface area contributed by atoms with E-state index in [0.29, 0.717) is 50.0 Å². The monoisotopic (exact) mass is 470 g/mol. The highest BCUT2D eigenvalue weighted by molar-refractivity contribution is 5.87. The largest absolute Gasteiger partial charge is 0.497 e. The van der Waals surface area contributed by atoms with Crippen LogP contribution in [-0.4, -0.2) is 49.6 Å². The molecule has 2 amide bonds. The normalized spacial score (nSPS) is 11.4. The average molecular weight is 471 g/mol. The highest BCUT2D eigenvalue weighted by Gasteiger charge is 2.26. The zero-order chi connectivity index (χ0) is 24.9. The number of methoxy groups -OCH3 is 1. The molecule has 0 unspecified atom stereocenters. The third-order valence-corrected chi connectivity index (χ3v) is 5.44. The van der Waals surface area contributed by atoms with Gasteiger partial charge in [-0.25, -0.2) is 0 Å². The zero-order valence-electron chi connectivity index (χ0n) is 21.1. The molecule has 0 bridgehead atoms. The van der Waals surface area contributed by atoms with Crippen LogP contribution in [0.5, 0.6) is 17.2 Å². The second kappa shape index (κ2) is 14.1. The summed E-state index contributed by atoms with van der Waals surface area (Å²) in [6.07, 6.45) is 1.64. The van der Waals surface area contributed by atoms with Gasteiger partial charge in [0, 0.05) is 19.5 Å². The lowest BCUT2D eigenvalue weighted by atomic mass is 10.1. The topological polar surface area (TPSA) is 77.1 Å². The van der Waals surface area contributed by atoms with E-state index < -0.39 is 6.04 Å². The molecule has 0 saturated heterocycles. The van der Waals surface area contributed by atoms with Gasteiger partial charge in [-0.15, -0.1) is 0 Å². The molecule has 0 heterocycles. The summed E-state index contributed by atoms with van der Waals surface area (Å²) in [7, 11) is 1.61. The summed E-state index contributed by atoms with van der Waals surface area (Å²) in [5.41, 5.74) is 1.88. The Hall–Kier alpha value is -3.22. The number of nitrogens with one attached hydrogen (secondary N) is 1. The van der Waals surface area contributed by atoms with Gasteiger partial charge in [0.05, 0.1) is 20.3 Å². The van der Waals surface area contributed by atoms with Crippen LogP contribution in [0.2, 0.25) is 0 Å². The van der Waals surface area contributed by atoms with E-state index in [1.165, 1.54) is 0 Å². The van der Waals surface area contributed by atoms with Crippen LogP contribution in [0.1, 0.15) is 51.7 Å². The Balaban J connectivity index is 2.18. The molecule has 1 atom stereocenters. The lowest BCUT2D eigenvalue weighted by Gasteiger charge is -2.29. The number of nitrogens with zero attached hydrogens (tertiary/aromatic N) is 1. The first kappa shape index (κ1) is 27.0. The van der Waals surface area contributed by atoms with E-state index >= 15 is 0 Å². The standard InChI is InChI=1S/C27H38N2O5/c1-6-16-28-27(31)20(4)29(19-22-10-9-11-23(17-22)32-5)26(30)15-13-21-12-14-24(33-7-2)25(18-21)34-8-3/h9-12,14,17-18,20H,6-8,13,15-16,19H2,1-5H3,(H,28,31)/t20-/m1/s1. The Morgan fingerprint density at radius 2 is 1.71 bits per heavy atom. The van der Waals surface area contributed by atoms with Crippen LogP contribution in [0.4, 0.5) is 0 Å². The SMILES string of the molecule is CCCNC(=O)[C@@H](C)N(Cc1cccc(OC)c1)C(=O)CCc1ccc(OCC)c(OCC)c1. The van der Waals surface area contributed by atoms with Crippen molar-refractivity contribution >= 4 is 11.8 Å². The van der Waals surface area contributed by atoms with Crippen LogP contribution in [0.3, 0.4) is 0 Å². The molecule has 2 rings (SSSR count). The van der Waals surface area contributed by atoms with Crippen LogP contribution < -0.4 is 19.5 Å². The Kier molecular flexibility index (Phi) is 11.2. The Morgan fingerprint density at radius 1 is 0.971 bits per heavy atom. The van der Waals surface area contributed by atoms with E-state index in [1.807, 2.05) is 63.2 Å². The summed E-state index contributed by atoms with van der Waals surface area (Å²) < 4.78 is 16.7. The molecule has 0 aliphatic heterocycles. The Labute approximate surface area is 203 Å². The minimum atomic E-state index is -0.593. The molecule has 0 aliphatic carbocycles. The van der Waals surface area contributed by atoms with Gasteiger partial charge in [0.15, 0.2) is 11.5 Å². The molecule has 186 valence electrons. The van der Waals surface area contributed by atoms with E-state index in [1.54, 1.807) is 18.9 Å². The number of carbonyl (C=O) groups is 2. The molecule has 34 heavy (non-hydrogen) atoms. The van der Waals surface area contributed by atoms with Crippen molar-refractivity contribution in [1.82, 2.24) is 10.2 Å². The molecule has 7 nitrogen and oxygen atoms in total. The maximum atomic E-state index is 13.3. The average Bonchev–Trinajstić information content (AvgIpc) is 2.85. The van der Waals surface area contributed by atoms with Crippen LogP contribution in [0.15, 0.2) is 42.5 Å². The van der Waals surface area contributed by atoms with Crippen LogP contribution in [-0.2, 0) is 22.6 Å². The fraction of sp³-hybridized carbons (Fsp3) is 0.481. The third-order valence-electron chi connectivity index (χ3n) is 5.44. The molecule has 0 fully saturated rings. The molecule has 1 N–H and O–H groups in total. The van der Waals surface area contributed by atoms with Crippen LogP contribution >= 0.6 is 0 Å². The van der Waals surface area contributed by atoms with Gasteiger partial charge in [0.25, 0.3) is 0 Å². The number of ether oxygens (including phenoxy) is 3. The number of carbonyl (C=O) groups excluding carboxylic acids is 2. The van der Waals surface area contributed by atoms with E-state index in [2.05, 4.69) is 5.32 Å². The first-order valence-corrected chi connectivity index (χ1v) is 12.0. The van der Waals surface area contributed by atoms with Crippen molar-refractivity contribution in [2.24, 2.45) is 0 Å². The number of rotatable bonds is 14. The first-order chi connectivity index (χ1) is 16.4. The number of benzene rings is 2. The quantitative estimate of drug-likeness (QED) is 0.444. The van der Waals surface area contributed by atoms with Crippen molar-refractivity contribution in [3.63, 3.8) is 0 Å². The minimum absolute atomic E-state index is 0.0891. The van der Waals surface area contributed by atoms with Gasteiger partial charge in [-0.2, -0.15) is 0 Å². The summed E-state index contributed by atoms with van der Waals surface area (Å²) in [6.45, 7) is 9.60. The maximum Gasteiger partial charge on any atom is 0.242 e.